The van der Waals surface area contributed by atoms with E-state index < -0.39 is 0 Å². The van der Waals surface area contributed by atoms with Gasteiger partial charge >= 0.3 is 0 Å². The Bertz CT molecular complexity index is 3170. The zero-order valence-corrected chi connectivity index (χ0v) is 41.9. The quantitative estimate of drug-likeness (QED) is 0.165. The van der Waals surface area contributed by atoms with E-state index in [-0.39, 0.29) is 33.8 Å². The Kier molecular flexibility index (Phi) is 8.93. The van der Waals surface area contributed by atoms with E-state index in [1.54, 1.807) is 0 Å². The van der Waals surface area contributed by atoms with Crippen LogP contribution in [0.1, 0.15) is 166 Å². The number of nitrogens with zero attached hydrogens (tertiary/aromatic N) is 2. The lowest BCUT2D eigenvalue weighted by Gasteiger charge is -2.47. The molecule has 6 aromatic carbocycles. The van der Waals surface area contributed by atoms with E-state index in [2.05, 4.69) is 205 Å². The molecule has 65 heavy (non-hydrogen) atoms. The minimum atomic E-state index is -0.116. The third-order valence-corrected chi connectivity index (χ3v) is 17.0. The molecular formula is C61H69BN2O. The molecule has 0 saturated carbocycles. The van der Waals surface area contributed by atoms with Crippen LogP contribution in [0.25, 0.3) is 21.9 Å². The minimum Gasteiger partial charge on any atom is -0.457 e. The molecule has 2 aliphatic carbocycles. The first-order valence-corrected chi connectivity index (χ1v) is 24.7. The predicted octanol–water partition coefficient (Wildman–Crippen LogP) is 15.4. The Morgan fingerprint density at radius 2 is 1.03 bits per heavy atom. The van der Waals surface area contributed by atoms with E-state index in [0.29, 0.717) is 5.92 Å². The molecule has 4 aliphatic rings. The van der Waals surface area contributed by atoms with Gasteiger partial charge in [0.25, 0.3) is 6.71 Å². The van der Waals surface area contributed by atoms with E-state index in [1.165, 1.54) is 131 Å². The van der Waals surface area contributed by atoms with Crippen molar-refractivity contribution >= 4 is 79.2 Å². The molecule has 3 heterocycles. The standard InChI is InChI=1S/C61H69BN2O/c1-35(2)38-20-22-46-50(30-38)64(49-34-45-43(29-37(49)4)59(10,11)25-27-61(45,14)15)52-32-39(57(5,6)7)31-51-54(52)62(46)55-47(23-21-41-40-18-16-17-19-53(40)65-56(41)55)63(51)48-33-44-42(28-36(48)3)58(8,9)24-26-60(44,12)13/h16-23,28-35H,24-27H2,1-15H3. The van der Waals surface area contributed by atoms with Crippen LogP contribution in [-0.4, -0.2) is 6.71 Å². The molecule has 0 atom stereocenters. The number of rotatable bonds is 3. The van der Waals surface area contributed by atoms with Crippen molar-refractivity contribution in [2.45, 2.75) is 163 Å². The van der Waals surface area contributed by atoms with Crippen LogP contribution in [0.15, 0.2) is 95.4 Å². The van der Waals surface area contributed by atoms with E-state index in [4.69, 9.17) is 4.42 Å². The fourth-order valence-corrected chi connectivity index (χ4v) is 12.5. The maximum absolute atomic E-state index is 7.18. The molecule has 1 aromatic heterocycles. The summed E-state index contributed by atoms with van der Waals surface area (Å²) in [6.45, 7) is 36.2. The third-order valence-electron chi connectivity index (χ3n) is 17.0. The molecule has 0 amide bonds. The van der Waals surface area contributed by atoms with Gasteiger partial charge in [-0.2, -0.15) is 0 Å². The minimum absolute atomic E-state index is 0.0556. The first-order valence-electron chi connectivity index (χ1n) is 24.7. The van der Waals surface area contributed by atoms with Crippen LogP contribution in [0.4, 0.5) is 34.1 Å². The van der Waals surface area contributed by atoms with Gasteiger partial charge in [0.05, 0.1) is 0 Å². The molecule has 0 bridgehead atoms. The fourth-order valence-electron chi connectivity index (χ4n) is 12.5. The van der Waals surface area contributed by atoms with Gasteiger partial charge in [0.2, 0.25) is 0 Å². The summed E-state index contributed by atoms with van der Waals surface area (Å²) in [5, 5.41) is 2.35. The topological polar surface area (TPSA) is 19.6 Å². The van der Waals surface area contributed by atoms with Crippen LogP contribution in [-0.2, 0) is 27.1 Å². The molecule has 0 radical (unpaired) electrons. The molecule has 0 saturated heterocycles. The molecule has 11 rings (SSSR count). The Morgan fingerprint density at radius 3 is 1.55 bits per heavy atom. The van der Waals surface area contributed by atoms with Crippen LogP contribution in [0.2, 0.25) is 0 Å². The van der Waals surface area contributed by atoms with Crippen molar-refractivity contribution in [3.63, 3.8) is 0 Å². The van der Waals surface area contributed by atoms with Crippen molar-refractivity contribution in [2.75, 3.05) is 9.80 Å². The van der Waals surface area contributed by atoms with Gasteiger partial charge in [-0.3, -0.25) is 0 Å². The maximum Gasteiger partial charge on any atom is 0.257 e. The van der Waals surface area contributed by atoms with Gasteiger partial charge in [0.1, 0.15) is 11.2 Å². The van der Waals surface area contributed by atoms with Crippen LogP contribution in [0.3, 0.4) is 0 Å². The molecule has 2 aliphatic heterocycles. The lowest BCUT2D eigenvalue weighted by molar-refractivity contribution is 0.332. The van der Waals surface area contributed by atoms with E-state index in [0.717, 1.165) is 11.2 Å². The smallest absolute Gasteiger partial charge is 0.257 e. The Balaban J connectivity index is 1.30. The average molecular weight is 857 g/mol. The highest BCUT2D eigenvalue weighted by Crippen LogP contribution is 2.54. The second-order valence-electron chi connectivity index (χ2n) is 24.6. The van der Waals surface area contributed by atoms with Crippen molar-refractivity contribution in [3.05, 3.63) is 136 Å². The summed E-state index contributed by atoms with van der Waals surface area (Å²) < 4.78 is 7.18. The van der Waals surface area contributed by atoms with Crippen LogP contribution >= 0.6 is 0 Å². The van der Waals surface area contributed by atoms with E-state index in [1.807, 2.05) is 0 Å². The first-order chi connectivity index (χ1) is 30.5. The van der Waals surface area contributed by atoms with Crippen molar-refractivity contribution < 1.29 is 4.42 Å². The van der Waals surface area contributed by atoms with Crippen molar-refractivity contribution in [1.29, 1.82) is 0 Å². The van der Waals surface area contributed by atoms with Gasteiger partial charge in [0, 0.05) is 44.9 Å². The molecule has 0 unspecified atom stereocenters. The summed E-state index contributed by atoms with van der Waals surface area (Å²) in [5.74, 6) is 0.377. The molecular weight excluding hydrogens is 787 g/mol. The van der Waals surface area contributed by atoms with Gasteiger partial charge in [-0.05, 0) is 182 Å². The zero-order valence-electron chi connectivity index (χ0n) is 41.9. The monoisotopic (exact) mass is 857 g/mol. The summed E-state index contributed by atoms with van der Waals surface area (Å²) in [5.41, 5.74) is 25.0. The number of benzene rings is 6. The normalized spacial score (nSPS) is 18.7. The highest BCUT2D eigenvalue weighted by atomic mass is 16.3. The summed E-state index contributed by atoms with van der Waals surface area (Å²) in [7, 11) is 0. The maximum atomic E-state index is 7.18. The van der Waals surface area contributed by atoms with Crippen molar-refractivity contribution in [2.24, 2.45) is 0 Å². The summed E-state index contributed by atoms with van der Waals surface area (Å²) >= 11 is 0. The van der Waals surface area contributed by atoms with Gasteiger partial charge < -0.3 is 14.2 Å². The number of hydrogen-bond donors (Lipinski definition) is 0. The number of furan rings is 1. The summed E-state index contributed by atoms with van der Waals surface area (Å²) in [6.07, 6.45) is 4.73. The van der Waals surface area contributed by atoms with Gasteiger partial charge in [0.15, 0.2) is 0 Å². The van der Waals surface area contributed by atoms with Crippen LogP contribution < -0.4 is 26.2 Å². The number of fused-ring (bicyclic) bond motifs is 10. The highest BCUT2D eigenvalue weighted by Gasteiger charge is 2.48. The van der Waals surface area contributed by atoms with Gasteiger partial charge in [-0.15, -0.1) is 0 Å². The summed E-state index contributed by atoms with van der Waals surface area (Å²) in [6, 6.07) is 36.2. The number of hydrogen-bond acceptors (Lipinski definition) is 3. The molecule has 0 N–H and O–H groups in total. The van der Waals surface area contributed by atoms with Crippen molar-refractivity contribution in [1.82, 2.24) is 0 Å². The largest absolute Gasteiger partial charge is 0.457 e. The summed E-state index contributed by atoms with van der Waals surface area (Å²) in [4.78, 5) is 5.36. The lowest BCUT2D eigenvalue weighted by Crippen LogP contribution is -2.61. The predicted molar refractivity (Wildman–Crippen MR) is 281 cm³/mol. The van der Waals surface area contributed by atoms with Crippen molar-refractivity contribution in [3.8, 4) is 0 Å². The number of aryl methyl sites for hydroxylation is 2. The number of anilines is 6. The van der Waals surface area contributed by atoms with Crippen LogP contribution in [0, 0.1) is 13.8 Å². The van der Waals surface area contributed by atoms with Crippen LogP contribution in [0.5, 0.6) is 0 Å². The van der Waals surface area contributed by atoms with Gasteiger partial charge in [-0.25, -0.2) is 0 Å². The second kappa shape index (κ2) is 13.7. The average Bonchev–Trinajstić information content (AvgIpc) is 3.62. The van der Waals surface area contributed by atoms with E-state index in [9.17, 15) is 0 Å². The zero-order chi connectivity index (χ0) is 46.1. The third kappa shape index (κ3) is 6.13. The fraction of sp³-hybridized carbons (Fsp3) is 0.410. The molecule has 0 spiro atoms. The van der Waals surface area contributed by atoms with E-state index >= 15 is 0 Å². The Labute approximate surface area is 389 Å². The SMILES string of the molecule is Cc1cc2c(cc1N1c3cc(C(C)C)ccc3B3c4c1cc(C(C)(C)C)cc4N(c1cc4c(cc1C)C(C)(C)CCC4(C)C)c1ccc4c(oc5ccccc54)c13)C(C)(C)CCC2(C)C. The molecule has 3 nitrogen and oxygen atoms in total. The highest BCUT2D eigenvalue weighted by molar-refractivity contribution is 7.01. The first kappa shape index (κ1) is 42.4. The molecule has 4 heteroatoms. The lowest BCUT2D eigenvalue weighted by atomic mass is 9.33. The Morgan fingerprint density at radius 1 is 0.523 bits per heavy atom. The molecule has 0 fully saturated rings. The Hall–Kier alpha value is -5.22. The molecule has 7 aromatic rings. The van der Waals surface area contributed by atoms with Gasteiger partial charge in [-0.1, -0.05) is 132 Å². The number of para-hydroxylation sites is 1. The second-order valence-corrected chi connectivity index (χ2v) is 24.6. The molecule has 332 valence electrons.